The zero-order valence-corrected chi connectivity index (χ0v) is 8.80. The van der Waals surface area contributed by atoms with Gasteiger partial charge in [-0.05, 0) is 12.1 Å². The molecule has 7 heteroatoms. The van der Waals surface area contributed by atoms with Crippen LogP contribution in [0.25, 0.3) is 0 Å². The van der Waals surface area contributed by atoms with Gasteiger partial charge in [0.15, 0.2) is 11.6 Å². The number of halogens is 3. The van der Waals surface area contributed by atoms with Gasteiger partial charge < -0.3 is 15.9 Å². The van der Waals surface area contributed by atoms with Crippen LogP contribution in [0, 0.1) is 5.82 Å². The number of hydrogen-bond acceptors (Lipinski definition) is 3. The van der Waals surface area contributed by atoms with E-state index in [9.17, 15) is 18.7 Å². The van der Waals surface area contributed by atoms with Gasteiger partial charge in [0.25, 0.3) is 0 Å². The Morgan fingerprint density at radius 3 is 2.50 bits per heavy atom. The van der Waals surface area contributed by atoms with Crippen molar-refractivity contribution in [3.63, 3.8) is 0 Å². The molecule has 16 heavy (non-hydrogen) atoms. The molecule has 90 valence electrons. The summed E-state index contributed by atoms with van der Waals surface area (Å²) in [4.78, 5) is 10.5. The number of carboxylic acid groups (broad SMARTS) is 1. The minimum atomic E-state index is -1.37. The molecule has 0 unspecified atom stereocenters. The van der Waals surface area contributed by atoms with Gasteiger partial charge in [-0.25, -0.2) is 13.6 Å². The largest absolute Gasteiger partial charge is 0.505 e. The van der Waals surface area contributed by atoms with Crippen molar-refractivity contribution in [3.05, 3.63) is 29.1 Å². The van der Waals surface area contributed by atoms with Crippen molar-refractivity contribution >= 4 is 18.4 Å². The summed E-state index contributed by atoms with van der Waals surface area (Å²) in [5, 5.41) is 17.8. The number of hydrogen-bond donors (Lipinski definition) is 3. The Morgan fingerprint density at radius 1 is 1.50 bits per heavy atom. The smallest absolute Gasteiger partial charge is 0.335 e. The standard InChI is InChI=1S/C9H9F2NO3.ClH/c10-3-7(12)5-1-4(9(14)15)2-6(11)8(5)13;/h1-2,7,13H,3,12H2,(H,14,15);1H/t7-;/m0./s1. The first-order valence-corrected chi connectivity index (χ1v) is 4.04. The fourth-order valence-corrected chi connectivity index (χ4v) is 1.11. The van der Waals surface area contributed by atoms with Crippen LogP contribution in [0.5, 0.6) is 5.75 Å². The van der Waals surface area contributed by atoms with Gasteiger partial charge in [0.05, 0.1) is 11.6 Å². The summed E-state index contributed by atoms with van der Waals surface area (Å²) in [6.45, 7) is -1.02. The van der Waals surface area contributed by atoms with E-state index in [1.807, 2.05) is 0 Å². The number of aromatic hydroxyl groups is 1. The predicted molar refractivity (Wildman–Crippen MR) is 55.2 cm³/mol. The van der Waals surface area contributed by atoms with E-state index < -0.39 is 30.3 Å². The zero-order chi connectivity index (χ0) is 11.6. The van der Waals surface area contributed by atoms with E-state index in [4.69, 9.17) is 10.8 Å². The summed E-state index contributed by atoms with van der Waals surface area (Å²) < 4.78 is 25.2. The molecule has 0 bridgehead atoms. The molecule has 4 nitrogen and oxygen atoms in total. The third-order valence-electron chi connectivity index (χ3n) is 1.91. The van der Waals surface area contributed by atoms with Gasteiger partial charge in [0.1, 0.15) is 6.67 Å². The minimum absolute atomic E-state index is 0. The number of nitrogens with two attached hydrogens (primary N) is 1. The second-order valence-corrected chi connectivity index (χ2v) is 2.96. The molecule has 1 aromatic carbocycles. The summed E-state index contributed by atoms with van der Waals surface area (Å²) >= 11 is 0. The lowest BCUT2D eigenvalue weighted by atomic mass is 10.0. The Kier molecular flexibility index (Phi) is 5.13. The molecule has 0 saturated carbocycles. The number of alkyl halides is 1. The predicted octanol–water partition coefficient (Wildman–Crippen LogP) is 1.62. The maximum atomic E-state index is 13.0. The molecule has 0 aliphatic rings. The van der Waals surface area contributed by atoms with Crippen LogP contribution in [0.3, 0.4) is 0 Å². The number of carboxylic acids is 1. The molecule has 1 atom stereocenters. The van der Waals surface area contributed by atoms with Gasteiger partial charge in [-0.3, -0.25) is 0 Å². The van der Waals surface area contributed by atoms with E-state index in [0.717, 1.165) is 6.07 Å². The lowest BCUT2D eigenvalue weighted by molar-refractivity contribution is 0.0696. The van der Waals surface area contributed by atoms with Gasteiger partial charge >= 0.3 is 5.97 Å². The average molecular weight is 254 g/mol. The highest BCUT2D eigenvalue weighted by Gasteiger charge is 2.18. The number of phenols is 1. The third kappa shape index (κ3) is 2.80. The van der Waals surface area contributed by atoms with E-state index in [1.54, 1.807) is 0 Å². The molecule has 0 heterocycles. The van der Waals surface area contributed by atoms with E-state index in [1.165, 1.54) is 0 Å². The van der Waals surface area contributed by atoms with Crippen LogP contribution in [0.1, 0.15) is 22.0 Å². The number of phenolic OH excluding ortho intramolecular Hbond substituents is 1. The molecule has 0 spiro atoms. The Labute approximate surface area is 96.1 Å². The van der Waals surface area contributed by atoms with Crippen LogP contribution >= 0.6 is 12.4 Å². The molecule has 0 fully saturated rings. The van der Waals surface area contributed by atoms with E-state index >= 15 is 0 Å². The molecule has 1 aromatic rings. The lowest BCUT2D eigenvalue weighted by Crippen LogP contribution is -2.14. The molecule has 0 radical (unpaired) electrons. The SMILES string of the molecule is Cl.N[C@@H](CF)c1cc(C(=O)O)cc(F)c1O. The molecule has 0 aromatic heterocycles. The quantitative estimate of drug-likeness (QED) is 0.764. The van der Waals surface area contributed by atoms with Crippen LogP contribution in [-0.4, -0.2) is 22.9 Å². The maximum Gasteiger partial charge on any atom is 0.335 e. The van der Waals surface area contributed by atoms with Crippen LogP contribution in [0.2, 0.25) is 0 Å². The summed E-state index contributed by atoms with van der Waals surface area (Å²) in [5.41, 5.74) is 4.60. The Balaban J connectivity index is 0.00000225. The zero-order valence-electron chi connectivity index (χ0n) is 7.98. The second-order valence-electron chi connectivity index (χ2n) is 2.96. The molecule has 0 aliphatic carbocycles. The summed E-state index contributed by atoms with van der Waals surface area (Å²) in [5.74, 6) is -3.32. The second kappa shape index (κ2) is 5.62. The number of benzene rings is 1. The Morgan fingerprint density at radius 2 is 2.06 bits per heavy atom. The van der Waals surface area contributed by atoms with Crippen molar-refractivity contribution in [3.8, 4) is 5.75 Å². The van der Waals surface area contributed by atoms with Crippen molar-refractivity contribution in [1.82, 2.24) is 0 Å². The topological polar surface area (TPSA) is 83.6 Å². The monoisotopic (exact) mass is 253 g/mol. The molecule has 0 aliphatic heterocycles. The first-order valence-electron chi connectivity index (χ1n) is 4.04. The molecule has 1 rings (SSSR count). The summed E-state index contributed by atoms with van der Waals surface area (Å²) in [7, 11) is 0. The van der Waals surface area contributed by atoms with Crippen molar-refractivity contribution in [1.29, 1.82) is 0 Å². The van der Waals surface area contributed by atoms with Gasteiger partial charge in [0, 0.05) is 5.56 Å². The molecule has 0 saturated heterocycles. The number of carbonyl (C=O) groups is 1. The summed E-state index contributed by atoms with van der Waals surface area (Å²) in [6, 6.07) is 0.357. The highest BCUT2D eigenvalue weighted by Crippen LogP contribution is 2.27. The van der Waals surface area contributed by atoms with E-state index in [2.05, 4.69) is 0 Å². The first kappa shape index (κ1) is 14.6. The molecule has 4 N–H and O–H groups in total. The first-order chi connectivity index (χ1) is 6.97. The Bertz CT molecular complexity index is 401. The third-order valence-corrected chi connectivity index (χ3v) is 1.91. The minimum Gasteiger partial charge on any atom is -0.505 e. The van der Waals surface area contributed by atoms with Crippen LogP contribution < -0.4 is 5.73 Å². The van der Waals surface area contributed by atoms with Crippen LogP contribution in [0.4, 0.5) is 8.78 Å². The highest BCUT2D eigenvalue weighted by atomic mass is 35.5. The van der Waals surface area contributed by atoms with Crippen molar-refractivity contribution < 1.29 is 23.8 Å². The molecule has 0 amide bonds. The van der Waals surface area contributed by atoms with Gasteiger partial charge in [0.2, 0.25) is 0 Å². The normalized spacial score (nSPS) is 11.7. The highest BCUT2D eigenvalue weighted by molar-refractivity contribution is 5.88. The van der Waals surface area contributed by atoms with E-state index in [-0.39, 0.29) is 23.5 Å². The number of aromatic carboxylic acids is 1. The lowest BCUT2D eigenvalue weighted by Gasteiger charge is -2.11. The van der Waals surface area contributed by atoms with Gasteiger partial charge in [-0.15, -0.1) is 12.4 Å². The molecular formula is C9H10ClF2NO3. The maximum absolute atomic E-state index is 13.0. The van der Waals surface area contributed by atoms with Gasteiger partial charge in [-0.2, -0.15) is 0 Å². The van der Waals surface area contributed by atoms with Crippen molar-refractivity contribution in [2.24, 2.45) is 5.73 Å². The van der Waals surface area contributed by atoms with Crippen LogP contribution in [0.15, 0.2) is 12.1 Å². The fourth-order valence-electron chi connectivity index (χ4n) is 1.11. The average Bonchev–Trinajstić information content (AvgIpc) is 2.20. The number of rotatable bonds is 3. The van der Waals surface area contributed by atoms with E-state index in [0.29, 0.717) is 6.07 Å². The van der Waals surface area contributed by atoms with Crippen LogP contribution in [-0.2, 0) is 0 Å². The Hall–Kier alpha value is -1.40. The summed E-state index contributed by atoms with van der Waals surface area (Å²) in [6.07, 6.45) is 0. The molecular weight excluding hydrogens is 244 g/mol. The van der Waals surface area contributed by atoms with Crippen molar-refractivity contribution in [2.75, 3.05) is 6.67 Å². The van der Waals surface area contributed by atoms with Crippen molar-refractivity contribution in [2.45, 2.75) is 6.04 Å². The van der Waals surface area contributed by atoms with Gasteiger partial charge in [-0.1, -0.05) is 0 Å². The fraction of sp³-hybridized carbons (Fsp3) is 0.222.